The van der Waals surface area contributed by atoms with Gasteiger partial charge in [-0.05, 0) is 33.1 Å². The van der Waals surface area contributed by atoms with Gasteiger partial charge >= 0.3 is 6.03 Å². The number of nitrogens with one attached hydrogen (secondary N) is 1. The molecule has 0 aliphatic rings. The molecular formula is C12H24N2O2. The maximum Gasteiger partial charge on any atom is 0.317 e. The average molecular weight is 228 g/mol. The summed E-state index contributed by atoms with van der Waals surface area (Å²) in [5.74, 6) is 0. The summed E-state index contributed by atoms with van der Waals surface area (Å²) in [5, 5.41) is 12.0. The number of nitrogens with zero attached hydrogens (tertiary/aromatic N) is 1. The molecule has 0 aliphatic heterocycles. The maximum absolute atomic E-state index is 11.6. The SMILES string of the molecule is C=CCCCC(C)NC(=O)N(C)CC(C)O. The number of aliphatic hydroxyl groups is 1. The molecule has 16 heavy (non-hydrogen) atoms. The van der Waals surface area contributed by atoms with Crippen molar-refractivity contribution in [2.75, 3.05) is 13.6 Å². The van der Waals surface area contributed by atoms with E-state index in [1.54, 1.807) is 14.0 Å². The molecule has 2 amide bonds. The summed E-state index contributed by atoms with van der Waals surface area (Å²) in [6.07, 6.45) is 4.34. The van der Waals surface area contributed by atoms with Gasteiger partial charge in [-0.3, -0.25) is 0 Å². The molecule has 0 aromatic rings. The van der Waals surface area contributed by atoms with Crippen LogP contribution in [0, 0.1) is 0 Å². The van der Waals surface area contributed by atoms with Crippen LogP contribution in [0.15, 0.2) is 12.7 Å². The predicted octanol–water partition coefficient (Wildman–Crippen LogP) is 1.75. The largest absolute Gasteiger partial charge is 0.392 e. The number of allylic oxidation sites excluding steroid dienone is 1. The standard InChI is InChI=1S/C12H24N2O2/c1-5-6-7-8-10(2)13-12(16)14(4)9-11(3)15/h5,10-11,15H,1,6-9H2,2-4H3,(H,13,16). The molecular weight excluding hydrogens is 204 g/mol. The Labute approximate surface area is 98.3 Å². The highest BCUT2D eigenvalue weighted by Gasteiger charge is 2.12. The fourth-order valence-corrected chi connectivity index (χ4v) is 1.44. The molecule has 0 heterocycles. The van der Waals surface area contributed by atoms with E-state index in [-0.39, 0.29) is 12.1 Å². The van der Waals surface area contributed by atoms with Crippen LogP contribution in [0.3, 0.4) is 0 Å². The van der Waals surface area contributed by atoms with Crippen molar-refractivity contribution in [3.63, 3.8) is 0 Å². The van der Waals surface area contributed by atoms with Crippen molar-refractivity contribution < 1.29 is 9.90 Å². The Kier molecular flexibility index (Phi) is 7.64. The summed E-state index contributed by atoms with van der Waals surface area (Å²) in [7, 11) is 1.68. The number of carbonyl (C=O) groups excluding carboxylic acids is 1. The lowest BCUT2D eigenvalue weighted by molar-refractivity contribution is 0.142. The number of urea groups is 1. The Morgan fingerprint density at radius 3 is 2.69 bits per heavy atom. The molecule has 0 aromatic carbocycles. The van der Waals surface area contributed by atoms with Crippen molar-refractivity contribution in [1.82, 2.24) is 10.2 Å². The van der Waals surface area contributed by atoms with Gasteiger partial charge < -0.3 is 15.3 Å². The van der Waals surface area contributed by atoms with E-state index in [0.29, 0.717) is 6.54 Å². The number of hydrogen-bond acceptors (Lipinski definition) is 2. The molecule has 4 heteroatoms. The molecule has 0 aromatic heterocycles. The van der Waals surface area contributed by atoms with Crippen LogP contribution in [0.25, 0.3) is 0 Å². The van der Waals surface area contributed by atoms with Gasteiger partial charge in [0.2, 0.25) is 0 Å². The van der Waals surface area contributed by atoms with Crippen molar-refractivity contribution in [3.05, 3.63) is 12.7 Å². The lowest BCUT2D eigenvalue weighted by atomic mass is 10.1. The minimum Gasteiger partial charge on any atom is -0.392 e. The summed E-state index contributed by atoms with van der Waals surface area (Å²) >= 11 is 0. The van der Waals surface area contributed by atoms with E-state index in [0.717, 1.165) is 19.3 Å². The second-order valence-electron chi connectivity index (χ2n) is 4.30. The molecule has 2 atom stereocenters. The first-order valence-electron chi connectivity index (χ1n) is 5.78. The number of hydrogen-bond donors (Lipinski definition) is 2. The molecule has 0 spiro atoms. The molecule has 0 rings (SSSR count). The first kappa shape index (κ1) is 15.0. The summed E-state index contributed by atoms with van der Waals surface area (Å²) < 4.78 is 0. The van der Waals surface area contributed by atoms with Crippen LogP contribution in [0.1, 0.15) is 33.1 Å². The Morgan fingerprint density at radius 1 is 1.56 bits per heavy atom. The van der Waals surface area contributed by atoms with E-state index in [1.165, 1.54) is 4.90 Å². The van der Waals surface area contributed by atoms with Crippen molar-refractivity contribution >= 4 is 6.03 Å². The Morgan fingerprint density at radius 2 is 2.19 bits per heavy atom. The van der Waals surface area contributed by atoms with Crippen LogP contribution < -0.4 is 5.32 Å². The highest BCUT2D eigenvalue weighted by atomic mass is 16.3. The van der Waals surface area contributed by atoms with E-state index < -0.39 is 6.10 Å². The lowest BCUT2D eigenvalue weighted by Gasteiger charge is -2.22. The summed E-state index contributed by atoms with van der Waals surface area (Å²) in [4.78, 5) is 13.1. The van der Waals surface area contributed by atoms with Gasteiger partial charge in [-0.25, -0.2) is 4.79 Å². The molecule has 0 saturated heterocycles. The highest BCUT2D eigenvalue weighted by molar-refractivity contribution is 5.74. The van der Waals surface area contributed by atoms with Gasteiger partial charge in [-0.15, -0.1) is 6.58 Å². The van der Waals surface area contributed by atoms with Crippen LogP contribution in [-0.2, 0) is 0 Å². The Hall–Kier alpha value is -1.03. The smallest absolute Gasteiger partial charge is 0.317 e. The third kappa shape index (κ3) is 7.29. The Bertz CT molecular complexity index is 217. The van der Waals surface area contributed by atoms with Crippen LogP contribution in [-0.4, -0.2) is 41.8 Å². The van der Waals surface area contributed by atoms with Gasteiger partial charge in [0, 0.05) is 19.6 Å². The first-order chi connectivity index (χ1) is 7.47. The van der Waals surface area contributed by atoms with Crippen LogP contribution >= 0.6 is 0 Å². The zero-order valence-corrected chi connectivity index (χ0v) is 10.6. The number of likely N-dealkylation sites (N-methyl/N-ethyl adjacent to an activating group) is 1. The minimum absolute atomic E-state index is 0.132. The second kappa shape index (κ2) is 8.16. The molecule has 2 unspecified atom stereocenters. The van der Waals surface area contributed by atoms with E-state index in [2.05, 4.69) is 11.9 Å². The first-order valence-corrected chi connectivity index (χ1v) is 5.78. The highest BCUT2D eigenvalue weighted by Crippen LogP contribution is 2.01. The van der Waals surface area contributed by atoms with Gasteiger partial charge in [0.25, 0.3) is 0 Å². The number of amides is 2. The lowest BCUT2D eigenvalue weighted by Crippen LogP contribution is -2.44. The van der Waals surface area contributed by atoms with Gasteiger partial charge in [0.05, 0.1) is 6.10 Å². The molecule has 0 radical (unpaired) electrons. The number of rotatable bonds is 7. The van der Waals surface area contributed by atoms with E-state index in [1.807, 2.05) is 13.0 Å². The average Bonchev–Trinajstić information content (AvgIpc) is 2.16. The van der Waals surface area contributed by atoms with Crippen molar-refractivity contribution in [2.45, 2.75) is 45.3 Å². The molecule has 0 fully saturated rings. The minimum atomic E-state index is -0.494. The number of aliphatic hydroxyl groups excluding tert-OH is 1. The second-order valence-corrected chi connectivity index (χ2v) is 4.30. The molecule has 4 nitrogen and oxygen atoms in total. The monoisotopic (exact) mass is 228 g/mol. The zero-order valence-electron chi connectivity index (χ0n) is 10.6. The molecule has 0 bridgehead atoms. The van der Waals surface area contributed by atoms with Crippen LogP contribution in [0.2, 0.25) is 0 Å². The normalized spacial score (nSPS) is 14.0. The van der Waals surface area contributed by atoms with Crippen molar-refractivity contribution in [3.8, 4) is 0 Å². The maximum atomic E-state index is 11.6. The number of unbranched alkanes of at least 4 members (excludes halogenated alkanes) is 1. The third-order valence-corrected chi connectivity index (χ3v) is 2.30. The zero-order chi connectivity index (χ0) is 12.6. The van der Waals surface area contributed by atoms with Crippen molar-refractivity contribution in [1.29, 1.82) is 0 Å². The summed E-state index contributed by atoms with van der Waals surface area (Å²) in [6.45, 7) is 7.66. The van der Waals surface area contributed by atoms with Gasteiger partial charge in [0.1, 0.15) is 0 Å². The van der Waals surface area contributed by atoms with Gasteiger partial charge in [0.15, 0.2) is 0 Å². The Balaban J connectivity index is 3.80. The third-order valence-electron chi connectivity index (χ3n) is 2.30. The fraction of sp³-hybridized carbons (Fsp3) is 0.750. The fourth-order valence-electron chi connectivity index (χ4n) is 1.44. The van der Waals surface area contributed by atoms with Crippen molar-refractivity contribution in [2.24, 2.45) is 0 Å². The summed E-state index contributed by atoms with van der Waals surface area (Å²) in [5.41, 5.74) is 0. The molecule has 2 N–H and O–H groups in total. The van der Waals surface area contributed by atoms with Crippen LogP contribution in [0.4, 0.5) is 4.79 Å². The van der Waals surface area contributed by atoms with Crippen LogP contribution in [0.5, 0.6) is 0 Å². The quantitative estimate of drug-likeness (QED) is 0.515. The van der Waals surface area contributed by atoms with E-state index in [9.17, 15) is 4.79 Å². The molecule has 94 valence electrons. The predicted molar refractivity (Wildman–Crippen MR) is 66.4 cm³/mol. The van der Waals surface area contributed by atoms with E-state index >= 15 is 0 Å². The van der Waals surface area contributed by atoms with E-state index in [4.69, 9.17) is 5.11 Å². The molecule has 0 aliphatic carbocycles. The molecule has 0 saturated carbocycles. The number of carbonyl (C=O) groups is 1. The van der Waals surface area contributed by atoms with Gasteiger partial charge in [-0.1, -0.05) is 6.08 Å². The van der Waals surface area contributed by atoms with Gasteiger partial charge in [-0.2, -0.15) is 0 Å². The summed E-state index contributed by atoms with van der Waals surface area (Å²) in [6, 6.07) is 0.0240. The topological polar surface area (TPSA) is 52.6 Å².